The van der Waals surface area contributed by atoms with Crippen LogP contribution >= 0.6 is 0 Å². The van der Waals surface area contributed by atoms with Crippen LogP contribution < -0.4 is 0 Å². The average Bonchev–Trinajstić information content (AvgIpc) is 2.75. The second-order valence-electron chi connectivity index (χ2n) is 6.52. The van der Waals surface area contributed by atoms with Crippen LogP contribution in [-0.4, -0.2) is 75.2 Å². The van der Waals surface area contributed by atoms with Crippen LogP contribution in [0.1, 0.15) is 12.0 Å². The average molecular weight is 338 g/mol. The van der Waals surface area contributed by atoms with Crippen molar-refractivity contribution in [3.8, 4) is 0 Å². The summed E-state index contributed by atoms with van der Waals surface area (Å²) in [4.78, 5) is 4.69. The molecule has 6 heteroatoms. The van der Waals surface area contributed by atoms with E-state index >= 15 is 0 Å². The summed E-state index contributed by atoms with van der Waals surface area (Å²) in [6.07, 6.45) is 1.22. The number of nitrogens with zero attached hydrogens (tertiary/aromatic N) is 2. The zero-order chi connectivity index (χ0) is 16.1. The Balaban J connectivity index is 1.53. The van der Waals surface area contributed by atoms with Crippen molar-refractivity contribution in [2.24, 2.45) is 0 Å². The van der Waals surface area contributed by atoms with Gasteiger partial charge < -0.3 is 4.74 Å². The molecule has 23 heavy (non-hydrogen) atoms. The molecule has 0 N–H and O–H groups in total. The van der Waals surface area contributed by atoms with Gasteiger partial charge in [0, 0.05) is 45.9 Å². The van der Waals surface area contributed by atoms with E-state index in [0.29, 0.717) is 13.1 Å². The molecule has 2 aliphatic rings. The van der Waals surface area contributed by atoms with Crippen molar-refractivity contribution in [2.75, 3.05) is 50.8 Å². The highest BCUT2D eigenvalue weighted by atomic mass is 32.2. The zero-order valence-electron chi connectivity index (χ0n) is 13.6. The Morgan fingerprint density at radius 3 is 2.52 bits per heavy atom. The largest absolute Gasteiger partial charge is 0.376 e. The first-order valence-corrected chi connectivity index (χ1v) is 10.2. The van der Waals surface area contributed by atoms with Gasteiger partial charge in [0.2, 0.25) is 0 Å². The molecule has 0 radical (unpaired) electrons. The molecule has 2 heterocycles. The molecule has 1 atom stereocenters. The van der Waals surface area contributed by atoms with Gasteiger partial charge in [0.15, 0.2) is 9.84 Å². The molecule has 1 aromatic carbocycles. The molecular formula is C17H26N2O3S. The number of rotatable bonds is 4. The lowest BCUT2D eigenvalue weighted by atomic mass is 10.2. The Bertz CT molecular complexity index is 577. The van der Waals surface area contributed by atoms with Gasteiger partial charge in [-0.3, -0.25) is 9.80 Å². The lowest BCUT2D eigenvalue weighted by Gasteiger charge is -2.31. The third kappa shape index (κ3) is 5.28. The molecule has 2 fully saturated rings. The zero-order valence-corrected chi connectivity index (χ0v) is 14.4. The van der Waals surface area contributed by atoms with Crippen LogP contribution in [0.4, 0.5) is 0 Å². The lowest BCUT2D eigenvalue weighted by Crippen LogP contribution is -2.46. The Kier molecular flexibility index (Phi) is 5.69. The number of ether oxygens (including phenoxy) is 1. The Morgan fingerprint density at radius 1 is 1.04 bits per heavy atom. The van der Waals surface area contributed by atoms with Crippen molar-refractivity contribution in [1.29, 1.82) is 0 Å². The molecule has 2 saturated heterocycles. The van der Waals surface area contributed by atoms with E-state index in [2.05, 4.69) is 34.1 Å². The van der Waals surface area contributed by atoms with E-state index in [0.717, 1.165) is 39.2 Å². The van der Waals surface area contributed by atoms with Gasteiger partial charge in [0.05, 0.1) is 17.6 Å². The van der Waals surface area contributed by atoms with Crippen molar-refractivity contribution >= 4 is 9.84 Å². The number of hydrogen-bond donors (Lipinski definition) is 0. The van der Waals surface area contributed by atoms with Crippen molar-refractivity contribution < 1.29 is 13.2 Å². The second kappa shape index (κ2) is 7.75. The molecule has 0 aromatic heterocycles. The van der Waals surface area contributed by atoms with Crippen molar-refractivity contribution in [3.05, 3.63) is 35.9 Å². The predicted octanol–water partition coefficient (Wildman–Crippen LogP) is 1.01. The third-order valence-electron chi connectivity index (χ3n) is 4.58. The Morgan fingerprint density at radius 2 is 1.78 bits per heavy atom. The molecular weight excluding hydrogens is 312 g/mol. The molecule has 3 rings (SSSR count). The quantitative estimate of drug-likeness (QED) is 0.820. The number of hydrogen-bond acceptors (Lipinski definition) is 5. The molecule has 1 aromatic rings. The first-order valence-electron chi connectivity index (χ1n) is 8.41. The minimum absolute atomic E-state index is 0.169. The van der Waals surface area contributed by atoms with Gasteiger partial charge >= 0.3 is 0 Å². The van der Waals surface area contributed by atoms with Crippen LogP contribution in [0.5, 0.6) is 0 Å². The smallest absolute Gasteiger partial charge is 0.152 e. The minimum atomic E-state index is -2.81. The van der Waals surface area contributed by atoms with Gasteiger partial charge in [-0.25, -0.2) is 8.42 Å². The van der Waals surface area contributed by atoms with Gasteiger partial charge in [-0.1, -0.05) is 30.3 Å². The van der Waals surface area contributed by atoms with Crippen LogP contribution in [0.2, 0.25) is 0 Å². The van der Waals surface area contributed by atoms with Crippen molar-refractivity contribution in [3.63, 3.8) is 0 Å². The lowest BCUT2D eigenvalue weighted by molar-refractivity contribution is 0.0275. The van der Waals surface area contributed by atoms with E-state index in [4.69, 9.17) is 4.74 Å². The molecule has 0 saturated carbocycles. The van der Waals surface area contributed by atoms with Crippen molar-refractivity contribution in [1.82, 2.24) is 9.80 Å². The number of benzene rings is 1. The van der Waals surface area contributed by atoms with Crippen LogP contribution in [0, 0.1) is 0 Å². The maximum absolute atomic E-state index is 11.5. The van der Waals surface area contributed by atoms with Crippen molar-refractivity contribution in [2.45, 2.75) is 19.1 Å². The second-order valence-corrected chi connectivity index (χ2v) is 8.82. The van der Waals surface area contributed by atoms with Crippen LogP contribution in [-0.2, 0) is 21.1 Å². The van der Waals surface area contributed by atoms with Gasteiger partial charge in [0.25, 0.3) is 0 Å². The molecule has 0 bridgehead atoms. The molecule has 128 valence electrons. The van der Waals surface area contributed by atoms with E-state index in [9.17, 15) is 8.42 Å². The summed E-state index contributed by atoms with van der Waals surface area (Å²) in [6, 6.07) is 10.5. The summed E-state index contributed by atoms with van der Waals surface area (Å²) in [6.45, 7) is 5.83. The van der Waals surface area contributed by atoms with Gasteiger partial charge in [-0.05, 0) is 12.0 Å². The first-order chi connectivity index (χ1) is 11.1. The van der Waals surface area contributed by atoms with E-state index in [1.54, 1.807) is 0 Å². The number of sulfone groups is 1. The van der Waals surface area contributed by atoms with E-state index in [1.165, 1.54) is 5.56 Å². The minimum Gasteiger partial charge on any atom is -0.376 e. The summed E-state index contributed by atoms with van der Waals surface area (Å²) >= 11 is 0. The molecule has 5 nitrogen and oxygen atoms in total. The fourth-order valence-corrected chi connectivity index (χ4v) is 4.56. The Labute approximate surface area is 139 Å². The summed E-state index contributed by atoms with van der Waals surface area (Å²) < 4.78 is 29.1. The highest BCUT2D eigenvalue weighted by molar-refractivity contribution is 7.91. The van der Waals surface area contributed by atoms with Crippen LogP contribution in [0.3, 0.4) is 0 Å². The normalized spacial score (nSPS) is 26.7. The highest BCUT2D eigenvalue weighted by Gasteiger charge is 2.26. The van der Waals surface area contributed by atoms with Gasteiger partial charge in [0.1, 0.15) is 0 Å². The van der Waals surface area contributed by atoms with Crippen LogP contribution in [0.25, 0.3) is 0 Å². The summed E-state index contributed by atoms with van der Waals surface area (Å²) in [5.41, 5.74) is 1.33. The molecule has 0 amide bonds. The predicted molar refractivity (Wildman–Crippen MR) is 91.2 cm³/mol. The fourth-order valence-electron chi connectivity index (χ4n) is 3.29. The summed E-state index contributed by atoms with van der Waals surface area (Å²) in [5, 5.41) is 0. The molecule has 1 unspecified atom stereocenters. The summed E-state index contributed by atoms with van der Waals surface area (Å²) in [5.74, 6) is 0.570. The topological polar surface area (TPSA) is 49.9 Å². The molecule has 2 aliphatic heterocycles. The summed E-state index contributed by atoms with van der Waals surface area (Å²) in [7, 11) is -2.81. The van der Waals surface area contributed by atoms with E-state index in [-0.39, 0.29) is 17.6 Å². The maximum atomic E-state index is 11.5. The molecule has 0 spiro atoms. The maximum Gasteiger partial charge on any atom is 0.152 e. The monoisotopic (exact) mass is 338 g/mol. The molecule has 0 aliphatic carbocycles. The fraction of sp³-hybridized carbons (Fsp3) is 0.647. The van der Waals surface area contributed by atoms with Crippen LogP contribution in [0.15, 0.2) is 30.3 Å². The Hall–Kier alpha value is -0.950. The van der Waals surface area contributed by atoms with E-state index < -0.39 is 9.84 Å². The standard InChI is InChI=1S/C17H26N2O3S/c20-23(21)11-8-18(9-12-23)14-17-15-19(7-4-10-22-17)13-16-5-2-1-3-6-16/h1-3,5-6,17H,4,7-15H2. The van der Waals surface area contributed by atoms with Gasteiger partial charge in [-0.15, -0.1) is 0 Å². The third-order valence-corrected chi connectivity index (χ3v) is 6.19. The highest BCUT2D eigenvalue weighted by Crippen LogP contribution is 2.13. The first kappa shape index (κ1) is 16.9. The SMILES string of the molecule is O=S1(=O)CCN(CC2CN(Cc3ccccc3)CCCO2)CC1. The van der Waals surface area contributed by atoms with E-state index in [1.807, 2.05) is 6.07 Å². The van der Waals surface area contributed by atoms with Gasteiger partial charge in [-0.2, -0.15) is 0 Å².